The van der Waals surface area contributed by atoms with E-state index < -0.39 is 0 Å². The van der Waals surface area contributed by atoms with Crippen LogP contribution in [0.4, 0.5) is 0 Å². The van der Waals surface area contributed by atoms with E-state index in [-0.39, 0.29) is 0 Å². The number of nitrogens with one attached hydrogen (secondary N) is 1. The highest BCUT2D eigenvalue weighted by Gasteiger charge is 2.46. The molecule has 0 aromatic carbocycles. The maximum absolute atomic E-state index is 4.22. The van der Waals surface area contributed by atoms with Crippen LogP contribution < -0.4 is 5.32 Å². The van der Waals surface area contributed by atoms with Crippen molar-refractivity contribution in [3.05, 3.63) is 30.1 Å². The van der Waals surface area contributed by atoms with Gasteiger partial charge >= 0.3 is 0 Å². The average molecular weight is 244 g/mol. The molecule has 3 rings (SSSR count). The van der Waals surface area contributed by atoms with Gasteiger partial charge in [-0.3, -0.25) is 4.98 Å². The van der Waals surface area contributed by atoms with E-state index in [9.17, 15) is 0 Å². The second-order valence-corrected chi connectivity index (χ2v) is 6.19. The van der Waals surface area contributed by atoms with Gasteiger partial charge in [0.05, 0.1) is 0 Å². The molecule has 0 aliphatic heterocycles. The van der Waals surface area contributed by atoms with Gasteiger partial charge in [0.1, 0.15) is 0 Å². The largest absolute Gasteiger partial charge is 0.307 e. The smallest absolute Gasteiger partial charge is 0.0315 e. The first kappa shape index (κ1) is 12.2. The molecule has 2 aliphatic rings. The third-order valence-corrected chi connectivity index (χ3v) is 5.16. The third kappa shape index (κ3) is 2.18. The summed E-state index contributed by atoms with van der Waals surface area (Å²) in [4.78, 5) is 4.22. The zero-order chi connectivity index (χ0) is 12.4. The van der Waals surface area contributed by atoms with E-state index in [0.29, 0.717) is 11.5 Å². The van der Waals surface area contributed by atoms with Gasteiger partial charge in [0, 0.05) is 24.5 Å². The Hall–Kier alpha value is -0.890. The Morgan fingerprint density at radius 3 is 2.72 bits per heavy atom. The van der Waals surface area contributed by atoms with Crippen LogP contribution in [-0.2, 0) is 0 Å². The molecule has 0 amide bonds. The summed E-state index contributed by atoms with van der Waals surface area (Å²) in [5, 5.41) is 3.85. The number of rotatable bonds is 3. The van der Waals surface area contributed by atoms with E-state index in [1.165, 1.54) is 50.5 Å². The van der Waals surface area contributed by atoms with Crippen LogP contribution in [0.2, 0.25) is 0 Å². The van der Waals surface area contributed by atoms with Crippen LogP contribution in [0.15, 0.2) is 24.5 Å². The molecule has 2 aliphatic carbocycles. The SMILES string of the molecule is CC(NC1CCC12CCCCC2)c1cccnc1. The van der Waals surface area contributed by atoms with Crippen molar-refractivity contribution in [2.45, 2.75) is 64.0 Å². The molecule has 2 fully saturated rings. The molecule has 2 nitrogen and oxygen atoms in total. The summed E-state index contributed by atoms with van der Waals surface area (Å²) in [5.74, 6) is 0. The molecule has 2 atom stereocenters. The molecule has 0 radical (unpaired) electrons. The van der Waals surface area contributed by atoms with Gasteiger partial charge in [0.15, 0.2) is 0 Å². The summed E-state index contributed by atoms with van der Waals surface area (Å²) >= 11 is 0. The van der Waals surface area contributed by atoms with Gasteiger partial charge in [0.25, 0.3) is 0 Å². The molecule has 0 bridgehead atoms. The number of pyridine rings is 1. The molecule has 0 saturated heterocycles. The van der Waals surface area contributed by atoms with E-state index in [0.717, 1.165) is 6.04 Å². The van der Waals surface area contributed by atoms with Crippen molar-refractivity contribution < 1.29 is 0 Å². The van der Waals surface area contributed by atoms with Crippen molar-refractivity contribution in [1.82, 2.24) is 10.3 Å². The molecular weight excluding hydrogens is 220 g/mol. The van der Waals surface area contributed by atoms with Crippen LogP contribution in [0.3, 0.4) is 0 Å². The van der Waals surface area contributed by atoms with Crippen molar-refractivity contribution in [3.63, 3.8) is 0 Å². The summed E-state index contributed by atoms with van der Waals surface area (Å²) < 4.78 is 0. The maximum Gasteiger partial charge on any atom is 0.0315 e. The second kappa shape index (κ2) is 5.00. The van der Waals surface area contributed by atoms with Crippen molar-refractivity contribution in [2.24, 2.45) is 5.41 Å². The van der Waals surface area contributed by atoms with Crippen LogP contribution in [0.25, 0.3) is 0 Å². The van der Waals surface area contributed by atoms with Gasteiger partial charge < -0.3 is 5.32 Å². The minimum atomic E-state index is 0.433. The summed E-state index contributed by atoms with van der Waals surface area (Å²) in [6, 6.07) is 5.39. The van der Waals surface area contributed by atoms with E-state index in [2.05, 4.69) is 23.3 Å². The lowest BCUT2D eigenvalue weighted by Crippen LogP contribution is -2.54. The lowest BCUT2D eigenvalue weighted by atomic mass is 9.57. The van der Waals surface area contributed by atoms with E-state index in [1.54, 1.807) is 0 Å². The van der Waals surface area contributed by atoms with Crippen molar-refractivity contribution in [2.75, 3.05) is 0 Å². The molecule has 18 heavy (non-hydrogen) atoms. The highest BCUT2D eigenvalue weighted by Crippen LogP contribution is 2.52. The van der Waals surface area contributed by atoms with Crippen LogP contribution >= 0.6 is 0 Å². The minimum absolute atomic E-state index is 0.433. The molecule has 1 N–H and O–H groups in total. The molecule has 98 valence electrons. The molecule has 2 unspecified atom stereocenters. The van der Waals surface area contributed by atoms with Gasteiger partial charge in [-0.2, -0.15) is 0 Å². The molecule has 1 heterocycles. The molecule has 2 heteroatoms. The van der Waals surface area contributed by atoms with E-state index in [4.69, 9.17) is 0 Å². The summed E-state index contributed by atoms with van der Waals surface area (Å²) in [6.07, 6.45) is 13.9. The first-order valence-electron chi connectivity index (χ1n) is 7.46. The fourth-order valence-corrected chi connectivity index (χ4v) is 3.84. The molecule has 2 saturated carbocycles. The maximum atomic E-state index is 4.22. The molecule has 1 spiro atoms. The topological polar surface area (TPSA) is 24.9 Å². The summed E-state index contributed by atoms with van der Waals surface area (Å²) in [5.41, 5.74) is 1.96. The van der Waals surface area contributed by atoms with Gasteiger partial charge in [0.2, 0.25) is 0 Å². The Morgan fingerprint density at radius 1 is 1.28 bits per heavy atom. The monoisotopic (exact) mass is 244 g/mol. The Bertz CT molecular complexity index is 381. The Kier molecular flexibility index (Phi) is 3.38. The highest BCUT2D eigenvalue weighted by molar-refractivity contribution is 5.14. The Morgan fingerprint density at radius 2 is 2.11 bits per heavy atom. The standard InChI is InChI=1S/C16H24N2/c1-13(14-6-5-11-17-12-14)18-15-7-10-16(15)8-3-2-4-9-16/h5-6,11-13,15,18H,2-4,7-10H2,1H3. The van der Waals surface area contributed by atoms with Gasteiger partial charge in [-0.25, -0.2) is 0 Å². The second-order valence-electron chi connectivity index (χ2n) is 6.19. The fourth-order valence-electron chi connectivity index (χ4n) is 3.84. The van der Waals surface area contributed by atoms with Crippen LogP contribution in [-0.4, -0.2) is 11.0 Å². The van der Waals surface area contributed by atoms with Crippen molar-refractivity contribution >= 4 is 0 Å². The number of aromatic nitrogens is 1. The zero-order valence-electron chi connectivity index (χ0n) is 11.4. The minimum Gasteiger partial charge on any atom is -0.307 e. The summed E-state index contributed by atoms with van der Waals surface area (Å²) in [6.45, 7) is 2.27. The molecule has 1 aromatic rings. The molecule has 1 aromatic heterocycles. The average Bonchev–Trinajstić information content (AvgIpc) is 2.45. The fraction of sp³-hybridized carbons (Fsp3) is 0.688. The van der Waals surface area contributed by atoms with Crippen LogP contribution in [0.5, 0.6) is 0 Å². The third-order valence-electron chi connectivity index (χ3n) is 5.16. The zero-order valence-corrected chi connectivity index (χ0v) is 11.4. The van der Waals surface area contributed by atoms with Crippen LogP contribution in [0, 0.1) is 5.41 Å². The quantitative estimate of drug-likeness (QED) is 0.873. The Balaban J connectivity index is 1.63. The van der Waals surface area contributed by atoms with Gasteiger partial charge in [-0.1, -0.05) is 25.3 Å². The number of hydrogen-bond donors (Lipinski definition) is 1. The number of hydrogen-bond acceptors (Lipinski definition) is 2. The van der Waals surface area contributed by atoms with Gasteiger partial charge in [-0.05, 0) is 49.7 Å². The summed E-state index contributed by atoms with van der Waals surface area (Å²) in [7, 11) is 0. The number of nitrogens with zero attached hydrogens (tertiary/aromatic N) is 1. The first-order chi connectivity index (χ1) is 8.80. The Labute approximate surface area is 110 Å². The van der Waals surface area contributed by atoms with E-state index >= 15 is 0 Å². The first-order valence-corrected chi connectivity index (χ1v) is 7.46. The predicted octanol–water partition coefficient (Wildman–Crippen LogP) is 3.85. The van der Waals surface area contributed by atoms with Crippen LogP contribution in [0.1, 0.15) is 63.5 Å². The van der Waals surface area contributed by atoms with E-state index in [1.807, 2.05) is 18.5 Å². The van der Waals surface area contributed by atoms with Crippen molar-refractivity contribution in [1.29, 1.82) is 0 Å². The highest BCUT2D eigenvalue weighted by atomic mass is 15.0. The van der Waals surface area contributed by atoms with Crippen molar-refractivity contribution in [3.8, 4) is 0 Å². The lowest BCUT2D eigenvalue weighted by Gasteiger charge is -2.53. The molecular formula is C16H24N2. The normalized spacial score (nSPS) is 27.7. The van der Waals surface area contributed by atoms with Gasteiger partial charge in [-0.15, -0.1) is 0 Å². The predicted molar refractivity (Wildman–Crippen MR) is 74.3 cm³/mol. The lowest BCUT2D eigenvalue weighted by molar-refractivity contribution is 0.0174.